The Balaban J connectivity index is 2.23. The maximum Gasteiger partial charge on any atom is 0.225 e. The second kappa shape index (κ2) is 4.37. The number of hydrogen-bond donors (Lipinski definition) is 1. The monoisotopic (exact) mass is 235 g/mol. The van der Waals surface area contributed by atoms with Crippen molar-refractivity contribution in [2.24, 2.45) is 0 Å². The van der Waals surface area contributed by atoms with Crippen LogP contribution in [-0.4, -0.2) is 28.7 Å². The number of carbonyl (C=O) groups excluding carboxylic acids is 1. The van der Waals surface area contributed by atoms with Crippen LogP contribution in [0.15, 0.2) is 24.3 Å². The zero-order valence-corrected chi connectivity index (χ0v) is 10.1. The number of methoxy groups -OCH3 is 1. The summed E-state index contributed by atoms with van der Waals surface area (Å²) in [4.78, 5) is 13.2. The summed E-state index contributed by atoms with van der Waals surface area (Å²) in [7, 11) is 1.60. The lowest BCUT2D eigenvalue weighted by Gasteiger charge is -2.30. The minimum absolute atomic E-state index is 0.0130. The van der Waals surface area contributed by atoms with E-state index in [4.69, 9.17) is 4.74 Å². The van der Waals surface area contributed by atoms with Crippen LogP contribution in [0.4, 0.5) is 0 Å². The Morgan fingerprint density at radius 2 is 2.18 bits per heavy atom. The van der Waals surface area contributed by atoms with Crippen LogP contribution < -0.4 is 4.74 Å². The third-order valence-electron chi connectivity index (χ3n) is 3.22. The molecule has 4 heteroatoms. The van der Waals surface area contributed by atoms with Gasteiger partial charge in [-0.3, -0.25) is 4.79 Å². The van der Waals surface area contributed by atoms with Gasteiger partial charge in [0.15, 0.2) is 0 Å². The number of carbonyl (C=O) groups is 1. The normalized spacial score (nSPS) is 24.2. The highest BCUT2D eigenvalue weighted by molar-refractivity contribution is 5.79. The molecule has 1 N–H and O–H groups in total. The van der Waals surface area contributed by atoms with Crippen molar-refractivity contribution in [3.8, 4) is 5.75 Å². The number of benzene rings is 1. The molecule has 0 aliphatic carbocycles. The molecule has 0 spiro atoms. The van der Waals surface area contributed by atoms with Crippen molar-refractivity contribution in [1.29, 1.82) is 0 Å². The van der Waals surface area contributed by atoms with E-state index in [1.165, 1.54) is 4.90 Å². The van der Waals surface area contributed by atoms with Gasteiger partial charge >= 0.3 is 0 Å². The number of aliphatic hydroxyl groups is 1. The predicted molar refractivity (Wildman–Crippen MR) is 63.4 cm³/mol. The van der Waals surface area contributed by atoms with Crippen LogP contribution in [0.1, 0.15) is 25.3 Å². The lowest BCUT2D eigenvalue weighted by atomic mass is 10.1. The molecule has 0 bridgehead atoms. The van der Waals surface area contributed by atoms with Crippen molar-refractivity contribution in [2.75, 3.05) is 7.11 Å². The van der Waals surface area contributed by atoms with Gasteiger partial charge in [0.2, 0.25) is 5.91 Å². The first-order valence-corrected chi connectivity index (χ1v) is 5.69. The van der Waals surface area contributed by atoms with Gasteiger partial charge in [-0.1, -0.05) is 18.2 Å². The molecule has 1 aliphatic rings. The molecule has 0 radical (unpaired) electrons. The van der Waals surface area contributed by atoms with E-state index in [-0.39, 0.29) is 5.91 Å². The van der Waals surface area contributed by atoms with Crippen LogP contribution in [0.3, 0.4) is 0 Å². The standard InChI is InChI=1S/C13H17NO3/c1-13(16)8-7-12(15)14(13)9-10-5-3-4-6-11(10)17-2/h3-6,16H,7-9H2,1-2H3. The van der Waals surface area contributed by atoms with Gasteiger partial charge in [-0.2, -0.15) is 0 Å². The van der Waals surface area contributed by atoms with Gasteiger partial charge in [0.25, 0.3) is 0 Å². The van der Waals surface area contributed by atoms with Crippen LogP contribution in [0.25, 0.3) is 0 Å². The molecule has 1 heterocycles. The molecule has 2 rings (SSSR count). The summed E-state index contributed by atoms with van der Waals surface area (Å²) in [5.41, 5.74) is -0.136. The Morgan fingerprint density at radius 1 is 1.47 bits per heavy atom. The Labute approximate surface area is 101 Å². The summed E-state index contributed by atoms with van der Waals surface area (Å²) in [6.07, 6.45) is 0.892. The molecule has 0 saturated carbocycles. The Morgan fingerprint density at radius 3 is 2.76 bits per heavy atom. The molecule has 1 unspecified atom stereocenters. The average molecular weight is 235 g/mol. The maximum absolute atomic E-state index is 11.7. The van der Waals surface area contributed by atoms with Gasteiger partial charge in [0.05, 0.1) is 13.7 Å². The second-order valence-electron chi connectivity index (χ2n) is 4.51. The first-order chi connectivity index (χ1) is 8.04. The third-order valence-corrected chi connectivity index (χ3v) is 3.22. The van der Waals surface area contributed by atoms with E-state index >= 15 is 0 Å². The van der Waals surface area contributed by atoms with E-state index in [0.29, 0.717) is 19.4 Å². The van der Waals surface area contributed by atoms with Gasteiger partial charge in [-0.05, 0) is 13.0 Å². The topological polar surface area (TPSA) is 49.8 Å². The fourth-order valence-corrected chi connectivity index (χ4v) is 2.14. The number of para-hydroxylation sites is 1. The van der Waals surface area contributed by atoms with Gasteiger partial charge in [0.1, 0.15) is 11.5 Å². The van der Waals surface area contributed by atoms with E-state index in [1.54, 1.807) is 14.0 Å². The van der Waals surface area contributed by atoms with Crippen molar-refractivity contribution >= 4 is 5.91 Å². The van der Waals surface area contributed by atoms with Crippen LogP contribution in [0.2, 0.25) is 0 Å². The lowest BCUT2D eigenvalue weighted by molar-refractivity contribution is -0.143. The zero-order chi connectivity index (χ0) is 12.5. The van der Waals surface area contributed by atoms with Crippen molar-refractivity contribution in [2.45, 2.75) is 32.0 Å². The number of ether oxygens (including phenoxy) is 1. The Hall–Kier alpha value is -1.55. The van der Waals surface area contributed by atoms with E-state index < -0.39 is 5.72 Å². The molecule has 1 aromatic rings. The third kappa shape index (κ3) is 2.26. The summed E-state index contributed by atoms with van der Waals surface area (Å²) in [6.45, 7) is 2.06. The molecule has 17 heavy (non-hydrogen) atoms. The summed E-state index contributed by atoms with van der Waals surface area (Å²) < 4.78 is 5.24. The largest absolute Gasteiger partial charge is 0.496 e. The maximum atomic E-state index is 11.7. The molecular formula is C13H17NO3. The smallest absolute Gasteiger partial charge is 0.225 e. The molecule has 1 saturated heterocycles. The Bertz CT molecular complexity index is 428. The van der Waals surface area contributed by atoms with E-state index in [9.17, 15) is 9.90 Å². The van der Waals surface area contributed by atoms with Gasteiger partial charge in [-0.15, -0.1) is 0 Å². The molecule has 4 nitrogen and oxygen atoms in total. The van der Waals surface area contributed by atoms with Gasteiger partial charge in [0, 0.05) is 18.4 Å². The van der Waals surface area contributed by atoms with E-state index in [0.717, 1.165) is 11.3 Å². The van der Waals surface area contributed by atoms with Crippen molar-refractivity contribution in [3.63, 3.8) is 0 Å². The first-order valence-electron chi connectivity index (χ1n) is 5.69. The fraction of sp³-hybridized carbons (Fsp3) is 0.462. The van der Waals surface area contributed by atoms with Crippen LogP contribution in [0.5, 0.6) is 5.75 Å². The highest BCUT2D eigenvalue weighted by atomic mass is 16.5. The number of hydrogen-bond acceptors (Lipinski definition) is 3. The van der Waals surface area contributed by atoms with Crippen molar-refractivity contribution < 1.29 is 14.6 Å². The number of rotatable bonds is 3. The summed E-state index contributed by atoms with van der Waals surface area (Å²) in [5.74, 6) is 0.726. The predicted octanol–water partition coefficient (Wildman–Crippen LogP) is 1.53. The fourth-order valence-electron chi connectivity index (χ4n) is 2.14. The zero-order valence-electron chi connectivity index (χ0n) is 10.1. The second-order valence-corrected chi connectivity index (χ2v) is 4.51. The Kier molecular flexibility index (Phi) is 3.07. The molecule has 1 fully saturated rings. The van der Waals surface area contributed by atoms with Crippen molar-refractivity contribution in [3.05, 3.63) is 29.8 Å². The molecule has 0 aromatic heterocycles. The highest BCUT2D eigenvalue weighted by Gasteiger charge is 2.39. The quantitative estimate of drug-likeness (QED) is 0.864. The number of nitrogens with zero attached hydrogens (tertiary/aromatic N) is 1. The first kappa shape index (κ1) is 11.9. The molecule has 1 atom stereocenters. The number of amides is 1. The number of likely N-dealkylation sites (tertiary alicyclic amines) is 1. The van der Waals surface area contributed by atoms with Crippen LogP contribution in [-0.2, 0) is 11.3 Å². The minimum Gasteiger partial charge on any atom is -0.496 e. The summed E-state index contributed by atoms with van der Waals surface area (Å²) in [6, 6.07) is 7.53. The molecule has 1 amide bonds. The molecule has 1 aromatic carbocycles. The molecular weight excluding hydrogens is 218 g/mol. The summed E-state index contributed by atoms with van der Waals surface area (Å²) >= 11 is 0. The SMILES string of the molecule is COc1ccccc1CN1C(=O)CCC1(C)O. The van der Waals surface area contributed by atoms with Gasteiger partial charge < -0.3 is 14.7 Å². The average Bonchev–Trinajstić information content (AvgIpc) is 2.57. The van der Waals surface area contributed by atoms with E-state index in [1.807, 2.05) is 24.3 Å². The van der Waals surface area contributed by atoms with E-state index in [2.05, 4.69) is 0 Å². The minimum atomic E-state index is -1.04. The lowest BCUT2D eigenvalue weighted by Crippen LogP contribution is -2.42. The van der Waals surface area contributed by atoms with Crippen LogP contribution in [0, 0.1) is 0 Å². The van der Waals surface area contributed by atoms with Crippen LogP contribution >= 0.6 is 0 Å². The van der Waals surface area contributed by atoms with Crippen molar-refractivity contribution in [1.82, 2.24) is 4.90 Å². The summed E-state index contributed by atoms with van der Waals surface area (Å²) in [5, 5.41) is 10.1. The molecule has 92 valence electrons. The highest BCUT2D eigenvalue weighted by Crippen LogP contribution is 2.30. The van der Waals surface area contributed by atoms with Gasteiger partial charge in [-0.25, -0.2) is 0 Å². The molecule has 1 aliphatic heterocycles.